The van der Waals surface area contributed by atoms with Crippen molar-refractivity contribution in [3.05, 3.63) is 41.3 Å². The topological polar surface area (TPSA) is 56.3 Å². The van der Waals surface area contributed by atoms with E-state index in [1.807, 2.05) is 30.3 Å². The zero-order chi connectivity index (χ0) is 16.5. The van der Waals surface area contributed by atoms with Crippen molar-refractivity contribution >= 4 is 44.6 Å². The maximum Gasteiger partial charge on any atom is 0.349 e. The van der Waals surface area contributed by atoms with Crippen LogP contribution in [-0.4, -0.2) is 22.8 Å². The Hall–Kier alpha value is -2.05. The second-order valence-corrected chi connectivity index (χ2v) is 7.87. The molecule has 0 unspecified atom stereocenters. The summed E-state index contributed by atoms with van der Waals surface area (Å²) in [7, 11) is 0. The smallest absolute Gasteiger partial charge is 0.349 e. The summed E-state index contributed by atoms with van der Waals surface area (Å²) in [6.45, 7) is 0. The number of thiophene rings is 1. The second-order valence-electron chi connectivity index (χ2n) is 5.76. The van der Waals surface area contributed by atoms with Gasteiger partial charge >= 0.3 is 5.97 Å². The Morgan fingerprint density at radius 1 is 1.12 bits per heavy atom. The SMILES string of the molecule is O=C(O[C@H]1CCCCC1=O)c1ccc(-c2nc3ccccc3s2)s1. The summed E-state index contributed by atoms with van der Waals surface area (Å²) in [5.41, 5.74) is 0.961. The predicted octanol–water partition coefficient (Wildman–Crippen LogP) is 4.69. The van der Waals surface area contributed by atoms with E-state index in [0.717, 1.165) is 32.9 Å². The van der Waals surface area contributed by atoms with E-state index >= 15 is 0 Å². The van der Waals surface area contributed by atoms with E-state index in [4.69, 9.17) is 4.74 Å². The van der Waals surface area contributed by atoms with Gasteiger partial charge in [-0.2, -0.15) is 0 Å². The van der Waals surface area contributed by atoms with Crippen molar-refractivity contribution in [2.24, 2.45) is 0 Å². The number of hydrogen-bond acceptors (Lipinski definition) is 6. The highest BCUT2D eigenvalue weighted by atomic mass is 32.1. The number of esters is 1. The molecule has 1 saturated carbocycles. The van der Waals surface area contributed by atoms with Gasteiger partial charge in [-0.25, -0.2) is 9.78 Å². The third-order valence-corrected chi connectivity index (χ3v) is 6.33. The summed E-state index contributed by atoms with van der Waals surface area (Å²) in [5.74, 6) is -0.370. The molecule has 1 aliphatic rings. The molecule has 1 fully saturated rings. The number of rotatable bonds is 3. The van der Waals surface area contributed by atoms with Gasteiger partial charge in [-0.15, -0.1) is 22.7 Å². The first-order chi connectivity index (χ1) is 11.7. The minimum Gasteiger partial charge on any atom is -0.450 e. The van der Waals surface area contributed by atoms with Gasteiger partial charge in [0.2, 0.25) is 0 Å². The molecule has 0 amide bonds. The van der Waals surface area contributed by atoms with E-state index < -0.39 is 12.1 Å². The summed E-state index contributed by atoms with van der Waals surface area (Å²) in [6.07, 6.45) is 2.41. The molecule has 1 aliphatic carbocycles. The van der Waals surface area contributed by atoms with Crippen LogP contribution in [0.3, 0.4) is 0 Å². The van der Waals surface area contributed by atoms with Crippen LogP contribution in [0.4, 0.5) is 0 Å². The number of fused-ring (bicyclic) bond motifs is 1. The minimum atomic E-state index is -0.570. The minimum absolute atomic E-state index is 0.0394. The Kier molecular flexibility index (Phi) is 4.16. The van der Waals surface area contributed by atoms with Crippen LogP contribution in [0.5, 0.6) is 0 Å². The highest BCUT2D eigenvalue weighted by molar-refractivity contribution is 7.26. The average molecular weight is 357 g/mol. The Morgan fingerprint density at radius 3 is 2.83 bits per heavy atom. The van der Waals surface area contributed by atoms with Crippen molar-refractivity contribution in [3.63, 3.8) is 0 Å². The van der Waals surface area contributed by atoms with Crippen LogP contribution in [0.25, 0.3) is 20.1 Å². The summed E-state index contributed by atoms with van der Waals surface area (Å²) in [6, 6.07) is 11.6. The summed E-state index contributed by atoms with van der Waals surface area (Å²) >= 11 is 2.97. The van der Waals surface area contributed by atoms with Crippen LogP contribution in [0.15, 0.2) is 36.4 Å². The number of para-hydroxylation sites is 1. The number of thiazole rings is 1. The van der Waals surface area contributed by atoms with E-state index in [2.05, 4.69) is 4.98 Å². The van der Waals surface area contributed by atoms with E-state index in [1.165, 1.54) is 11.3 Å². The molecule has 2 heterocycles. The molecule has 0 N–H and O–H groups in total. The van der Waals surface area contributed by atoms with Gasteiger partial charge < -0.3 is 4.74 Å². The van der Waals surface area contributed by atoms with Gasteiger partial charge in [0.05, 0.1) is 15.1 Å². The molecule has 0 saturated heterocycles. The number of ketones is 1. The van der Waals surface area contributed by atoms with Crippen LogP contribution in [0, 0.1) is 0 Å². The lowest BCUT2D eigenvalue weighted by Crippen LogP contribution is -2.29. The van der Waals surface area contributed by atoms with Crippen molar-refractivity contribution in [2.45, 2.75) is 31.8 Å². The van der Waals surface area contributed by atoms with E-state index in [9.17, 15) is 9.59 Å². The maximum atomic E-state index is 12.3. The number of aromatic nitrogens is 1. The largest absolute Gasteiger partial charge is 0.450 e. The average Bonchev–Trinajstić information content (AvgIpc) is 3.23. The lowest BCUT2D eigenvalue weighted by Gasteiger charge is -2.20. The molecule has 1 aromatic carbocycles. The zero-order valence-corrected chi connectivity index (χ0v) is 14.5. The Bertz CT molecular complexity index is 879. The first-order valence-electron chi connectivity index (χ1n) is 7.90. The standard InChI is InChI=1S/C18H15NO3S2/c20-12-6-2-3-7-13(12)22-18(21)16-10-9-15(23-16)17-19-11-5-1-4-8-14(11)24-17/h1,4-5,8-10,13H,2-3,6-7H2/t13-/m0/s1. The fourth-order valence-corrected chi connectivity index (χ4v) is 4.71. The third kappa shape index (κ3) is 2.99. The Morgan fingerprint density at radius 2 is 2.00 bits per heavy atom. The molecule has 4 rings (SSSR count). The number of nitrogens with zero attached hydrogens (tertiary/aromatic N) is 1. The Balaban J connectivity index is 1.53. The first kappa shape index (κ1) is 15.5. The number of ether oxygens (including phenoxy) is 1. The molecule has 0 aliphatic heterocycles. The van der Waals surface area contributed by atoms with Crippen LogP contribution in [-0.2, 0) is 9.53 Å². The summed E-state index contributed by atoms with van der Waals surface area (Å²) in [4.78, 5) is 30.2. The normalized spacial score (nSPS) is 18.0. The second kappa shape index (κ2) is 6.45. The molecular weight excluding hydrogens is 342 g/mol. The van der Waals surface area contributed by atoms with Gasteiger partial charge in [0, 0.05) is 6.42 Å². The number of hydrogen-bond donors (Lipinski definition) is 0. The van der Waals surface area contributed by atoms with Crippen LogP contribution in [0.1, 0.15) is 35.4 Å². The van der Waals surface area contributed by atoms with Crippen LogP contribution < -0.4 is 0 Å². The molecule has 1 atom stereocenters. The molecule has 122 valence electrons. The highest BCUT2D eigenvalue weighted by Crippen LogP contribution is 2.34. The molecule has 2 aromatic heterocycles. The summed E-state index contributed by atoms with van der Waals surface area (Å²) < 4.78 is 6.53. The zero-order valence-electron chi connectivity index (χ0n) is 12.9. The van der Waals surface area contributed by atoms with Crippen LogP contribution >= 0.6 is 22.7 Å². The number of benzene rings is 1. The quantitative estimate of drug-likeness (QED) is 0.638. The highest BCUT2D eigenvalue weighted by Gasteiger charge is 2.27. The third-order valence-electron chi connectivity index (χ3n) is 4.06. The molecule has 3 aromatic rings. The number of Topliss-reactive ketones (excluding diaryl/α,β-unsaturated/α-hetero) is 1. The molecule has 0 spiro atoms. The van der Waals surface area contributed by atoms with Crippen molar-refractivity contribution in [3.8, 4) is 9.88 Å². The molecule has 24 heavy (non-hydrogen) atoms. The first-order valence-corrected chi connectivity index (χ1v) is 9.53. The molecule has 0 bridgehead atoms. The number of carbonyl (C=O) groups is 2. The van der Waals surface area contributed by atoms with E-state index in [-0.39, 0.29) is 5.78 Å². The van der Waals surface area contributed by atoms with Crippen molar-refractivity contribution < 1.29 is 14.3 Å². The van der Waals surface area contributed by atoms with Gasteiger partial charge in [-0.3, -0.25) is 4.79 Å². The van der Waals surface area contributed by atoms with Gasteiger partial charge in [-0.1, -0.05) is 12.1 Å². The van der Waals surface area contributed by atoms with Gasteiger partial charge in [0.25, 0.3) is 0 Å². The van der Waals surface area contributed by atoms with Crippen molar-refractivity contribution in [2.75, 3.05) is 0 Å². The fourth-order valence-electron chi connectivity index (χ4n) is 2.80. The van der Waals surface area contributed by atoms with Crippen molar-refractivity contribution in [1.82, 2.24) is 4.98 Å². The lowest BCUT2D eigenvalue weighted by atomic mass is 9.96. The van der Waals surface area contributed by atoms with Crippen molar-refractivity contribution in [1.29, 1.82) is 0 Å². The predicted molar refractivity (Wildman–Crippen MR) is 95.6 cm³/mol. The molecular formula is C18H15NO3S2. The maximum absolute atomic E-state index is 12.3. The molecule has 0 radical (unpaired) electrons. The summed E-state index contributed by atoms with van der Waals surface area (Å²) in [5, 5.41) is 0.897. The van der Waals surface area contributed by atoms with Gasteiger partial charge in [-0.05, 0) is 43.5 Å². The van der Waals surface area contributed by atoms with E-state index in [0.29, 0.717) is 17.7 Å². The Labute approximate surface area is 147 Å². The molecule has 4 nitrogen and oxygen atoms in total. The molecule has 6 heteroatoms. The van der Waals surface area contributed by atoms with Gasteiger partial charge in [0.15, 0.2) is 11.9 Å². The van der Waals surface area contributed by atoms with Crippen LogP contribution in [0.2, 0.25) is 0 Å². The van der Waals surface area contributed by atoms with Gasteiger partial charge in [0.1, 0.15) is 9.88 Å². The monoisotopic (exact) mass is 357 g/mol. The lowest BCUT2D eigenvalue weighted by molar-refractivity contribution is -0.129. The number of carbonyl (C=O) groups excluding carboxylic acids is 2. The van der Waals surface area contributed by atoms with E-state index in [1.54, 1.807) is 17.4 Å². The fraction of sp³-hybridized carbons (Fsp3) is 0.278.